The van der Waals surface area contributed by atoms with Gasteiger partial charge in [-0.05, 0) is 31.2 Å². The lowest BCUT2D eigenvalue weighted by molar-refractivity contribution is 0.103. The largest absolute Gasteiger partial charge is 0.483 e. The van der Waals surface area contributed by atoms with Gasteiger partial charge in [0.1, 0.15) is 23.9 Å². The first-order chi connectivity index (χ1) is 16.6. The number of carbonyl (C=O) groups excluding carboxylic acids is 1. The molecule has 0 atom stereocenters. The SMILES string of the molecule is Cc1sc(C(=O)Nc2cc(Cl)cc(NS(C)(=O)=O)c2)cc1-c1ncc(F)cc1OCc1cnco1. The monoisotopic (exact) mass is 536 g/mol. The van der Waals surface area contributed by atoms with Crippen LogP contribution in [-0.4, -0.2) is 30.5 Å². The van der Waals surface area contributed by atoms with E-state index in [1.807, 2.05) is 0 Å². The molecule has 13 heteroatoms. The lowest BCUT2D eigenvalue weighted by Gasteiger charge is -2.10. The first-order valence-corrected chi connectivity index (χ1v) is 13.0. The third-order valence-electron chi connectivity index (χ3n) is 4.53. The molecule has 0 aliphatic heterocycles. The zero-order chi connectivity index (χ0) is 25.2. The summed E-state index contributed by atoms with van der Waals surface area (Å²) in [6.45, 7) is 1.82. The quantitative estimate of drug-likeness (QED) is 0.321. The normalized spacial score (nSPS) is 11.3. The van der Waals surface area contributed by atoms with Gasteiger partial charge < -0.3 is 14.5 Å². The number of carbonyl (C=O) groups is 1. The molecule has 0 aliphatic carbocycles. The maximum Gasteiger partial charge on any atom is 0.265 e. The number of halogens is 2. The molecule has 182 valence electrons. The predicted molar refractivity (Wildman–Crippen MR) is 131 cm³/mol. The van der Waals surface area contributed by atoms with Gasteiger partial charge in [0.2, 0.25) is 10.0 Å². The van der Waals surface area contributed by atoms with E-state index < -0.39 is 21.7 Å². The van der Waals surface area contributed by atoms with Crippen molar-refractivity contribution < 1.29 is 26.8 Å². The van der Waals surface area contributed by atoms with Crippen LogP contribution in [0.1, 0.15) is 20.3 Å². The van der Waals surface area contributed by atoms with Crippen molar-refractivity contribution in [3.05, 3.63) is 75.5 Å². The Kier molecular flexibility index (Phi) is 7.05. The standard InChI is InChI=1S/C22H18ClFN4O5S2/c1-12-18(21-19(5-14(24)8-26-21)32-10-17-9-25-11-33-17)7-20(34-12)22(29)27-15-3-13(23)4-16(6-15)28-35(2,30)31/h3-9,11,28H,10H2,1-2H3,(H,27,29). The molecule has 0 saturated heterocycles. The molecule has 0 saturated carbocycles. The Bertz CT molecular complexity index is 1490. The second-order valence-electron chi connectivity index (χ2n) is 7.39. The molecule has 1 amide bonds. The van der Waals surface area contributed by atoms with E-state index in [2.05, 4.69) is 20.0 Å². The summed E-state index contributed by atoms with van der Waals surface area (Å²) >= 11 is 7.28. The number of sulfonamides is 1. The summed E-state index contributed by atoms with van der Waals surface area (Å²) in [5.74, 6) is -0.385. The van der Waals surface area contributed by atoms with Crippen molar-refractivity contribution in [1.82, 2.24) is 9.97 Å². The second-order valence-corrected chi connectivity index (χ2v) is 10.8. The molecular weight excluding hydrogens is 519 g/mol. The predicted octanol–water partition coefficient (Wildman–Crippen LogP) is 5.10. The smallest absolute Gasteiger partial charge is 0.265 e. The van der Waals surface area contributed by atoms with Gasteiger partial charge in [0.25, 0.3) is 5.91 Å². The van der Waals surface area contributed by atoms with Crippen molar-refractivity contribution in [3.8, 4) is 17.0 Å². The van der Waals surface area contributed by atoms with Crippen molar-refractivity contribution in [3.63, 3.8) is 0 Å². The third-order valence-corrected chi connectivity index (χ3v) is 6.40. The molecule has 0 radical (unpaired) electrons. The first kappa shape index (κ1) is 24.6. The van der Waals surface area contributed by atoms with E-state index >= 15 is 0 Å². The van der Waals surface area contributed by atoms with Crippen LogP contribution in [0.5, 0.6) is 5.75 Å². The molecule has 4 rings (SSSR count). The van der Waals surface area contributed by atoms with E-state index in [9.17, 15) is 17.6 Å². The van der Waals surface area contributed by atoms with Crippen LogP contribution in [-0.2, 0) is 16.6 Å². The number of aryl methyl sites for hydroxylation is 1. The minimum Gasteiger partial charge on any atom is -0.483 e. The maximum atomic E-state index is 13.9. The van der Waals surface area contributed by atoms with E-state index in [1.54, 1.807) is 13.0 Å². The van der Waals surface area contributed by atoms with Crippen LogP contribution in [0.25, 0.3) is 11.3 Å². The zero-order valence-corrected chi connectivity index (χ0v) is 20.7. The number of anilines is 2. The molecule has 0 bridgehead atoms. The minimum atomic E-state index is -3.52. The lowest BCUT2D eigenvalue weighted by Crippen LogP contribution is -2.12. The van der Waals surface area contributed by atoms with E-state index in [0.29, 0.717) is 27.6 Å². The lowest BCUT2D eigenvalue weighted by atomic mass is 10.1. The Hall–Kier alpha value is -3.48. The number of nitrogens with one attached hydrogen (secondary N) is 2. The Labute approximate surface area is 209 Å². The highest BCUT2D eigenvalue weighted by Gasteiger charge is 2.19. The van der Waals surface area contributed by atoms with Gasteiger partial charge in [-0.15, -0.1) is 11.3 Å². The third kappa shape index (κ3) is 6.35. The van der Waals surface area contributed by atoms with Crippen molar-refractivity contribution in [1.29, 1.82) is 0 Å². The van der Waals surface area contributed by atoms with Crippen LogP contribution < -0.4 is 14.8 Å². The number of oxazole rings is 1. The number of pyridine rings is 1. The molecule has 1 aromatic carbocycles. The van der Waals surface area contributed by atoms with Crippen LogP contribution in [0.4, 0.5) is 15.8 Å². The molecule has 4 aromatic rings. The molecule has 0 aliphatic rings. The van der Waals surface area contributed by atoms with Crippen LogP contribution in [0, 0.1) is 12.7 Å². The summed E-state index contributed by atoms with van der Waals surface area (Å²) in [5.41, 5.74) is 1.47. The molecule has 3 heterocycles. The number of hydrogen-bond acceptors (Lipinski definition) is 8. The van der Waals surface area contributed by atoms with Gasteiger partial charge in [-0.3, -0.25) is 9.52 Å². The zero-order valence-electron chi connectivity index (χ0n) is 18.3. The second kappa shape index (κ2) is 10.0. The highest BCUT2D eigenvalue weighted by atomic mass is 35.5. The Morgan fingerprint density at radius 3 is 2.69 bits per heavy atom. The first-order valence-electron chi connectivity index (χ1n) is 9.93. The number of ether oxygens (including phenoxy) is 1. The molecule has 2 N–H and O–H groups in total. The van der Waals surface area contributed by atoms with Crippen LogP contribution in [0.2, 0.25) is 5.02 Å². The van der Waals surface area contributed by atoms with Crippen LogP contribution in [0.3, 0.4) is 0 Å². The van der Waals surface area contributed by atoms with E-state index in [0.717, 1.165) is 17.3 Å². The van der Waals surface area contributed by atoms with Crippen LogP contribution in [0.15, 0.2) is 53.5 Å². The number of amides is 1. The fourth-order valence-corrected chi connectivity index (χ4v) is 4.85. The molecule has 9 nitrogen and oxygen atoms in total. The van der Waals surface area contributed by atoms with E-state index in [4.69, 9.17) is 20.8 Å². The van der Waals surface area contributed by atoms with Gasteiger partial charge in [-0.2, -0.15) is 0 Å². The highest BCUT2D eigenvalue weighted by molar-refractivity contribution is 7.92. The Balaban J connectivity index is 1.58. The van der Waals surface area contributed by atoms with Gasteiger partial charge in [-0.1, -0.05) is 11.6 Å². The average Bonchev–Trinajstić information content (AvgIpc) is 3.40. The average molecular weight is 537 g/mol. The number of aromatic nitrogens is 2. The van der Waals surface area contributed by atoms with Gasteiger partial charge in [0, 0.05) is 27.2 Å². The van der Waals surface area contributed by atoms with Gasteiger partial charge in [0.05, 0.1) is 29.2 Å². The number of nitrogens with zero attached hydrogens (tertiary/aromatic N) is 2. The number of benzene rings is 1. The molecule has 0 fully saturated rings. The summed E-state index contributed by atoms with van der Waals surface area (Å²) in [6.07, 6.45) is 4.82. The Morgan fingerprint density at radius 1 is 1.20 bits per heavy atom. The molecule has 0 unspecified atom stereocenters. The molecular formula is C22H18ClFN4O5S2. The number of thiophene rings is 1. The maximum absolute atomic E-state index is 13.9. The van der Waals surface area contributed by atoms with E-state index in [1.165, 1.54) is 48.2 Å². The molecule has 0 spiro atoms. The van der Waals surface area contributed by atoms with E-state index in [-0.39, 0.29) is 23.1 Å². The summed E-state index contributed by atoms with van der Waals surface area (Å²) in [7, 11) is -3.52. The van der Waals surface area contributed by atoms with Gasteiger partial charge >= 0.3 is 0 Å². The minimum absolute atomic E-state index is 0.0211. The molecule has 3 aromatic heterocycles. The van der Waals surface area contributed by atoms with Crippen molar-refractivity contribution in [2.75, 3.05) is 16.3 Å². The summed E-state index contributed by atoms with van der Waals surface area (Å²) in [6, 6.07) is 7.19. The van der Waals surface area contributed by atoms with Crippen LogP contribution >= 0.6 is 22.9 Å². The number of hydrogen-bond donors (Lipinski definition) is 2. The summed E-state index contributed by atoms with van der Waals surface area (Å²) < 4.78 is 50.1. The van der Waals surface area contributed by atoms with Crippen molar-refractivity contribution in [2.45, 2.75) is 13.5 Å². The molecule has 35 heavy (non-hydrogen) atoms. The topological polar surface area (TPSA) is 123 Å². The fraction of sp³-hybridized carbons (Fsp3) is 0.136. The van der Waals surface area contributed by atoms with Crippen molar-refractivity contribution in [2.24, 2.45) is 0 Å². The summed E-state index contributed by atoms with van der Waals surface area (Å²) in [5, 5.41) is 2.94. The summed E-state index contributed by atoms with van der Waals surface area (Å²) in [4.78, 5) is 22.0. The van der Waals surface area contributed by atoms with Gasteiger partial charge in [-0.25, -0.2) is 22.8 Å². The van der Waals surface area contributed by atoms with Crippen molar-refractivity contribution >= 4 is 50.2 Å². The Morgan fingerprint density at radius 2 is 1.97 bits per heavy atom. The fourth-order valence-electron chi connectivity index (χ4n) is 3.15. The van der Waals surface area contributed by atoms with Gasteiger partial charge in [0.15, 0.2) is 12.2 Å². The number of rotatable bonds is 8. The highest BCUT2D eigenvalue weighted by Crippen LogP contribution is 2.36.